The highest BCUT2D eigenvalue weighted by atomic mass is 15.1. The van der Waals surface area contributed by atoms with Gasteiger partial charge in [-0.1, -0.05) is 235 Å². The minimum absolute atomic E-state index is 0.146. The van der Waals surface area contributed by atoms with Gasteiger partial charge in [0.05, 0.1) is 83.6 Å². The van der Waals surface area contributed by atoms with Crippen molar-refractivity contribution >= 4 is 109 Å². The van der Waals surface area contributed by atoms with Crippen LogP contribution in [0.5, 0.6) is 0 Å². The molecule has 17 aromatic rings. The Morgan fingerprint density at radius 3 is 0.758 bits per heavy atom. The number of aromatic nitrogens is 5. The zero-order valence-corrected chi connectivity index (χ0v) is 56.3. The van der Waals surface area contributed by atoms with Crippen molar-refractivity contribution in [3.05, 3.63) is 270 Å². The number of fused-ring (bicyclic) bond motifs is 15. The number of nitrogens with zero attached hydrogens (tertiary/aromatic N) is 6. The fourth-order valence-corrected chi connectivity index (χ4v) is 15.7. The summed E-state index contributed by atoms with van der Waals surface area (Å²) in [7, 11) is 0. The molecule has 17 rings (SSSR count). The molecule has 6 heteroatoms. The van der Waals surface area contributed by atoms with Crippen LogP contribution < -0.4 is 0 Å². The normalized spacial score (nSPS) is 12.8. The summed E-state index contributed by atoms with van der Waals surface area (Å²) in [4.78, 5) is 0. The molecule has 5 aromatic heterocycles. The lowest BCUT2D eigenvalue weighted by atomic mass is 9.86. The average Bonchev–Trinajstić information content (AvgIpc) is 1.59. The van der Waals surface area contributed by atoms with Crippen LogP contribution in [0.3, 0.4) is 0 Å². The van der Waals surface area contributed by atoms with E-state index in [0.29, 0.717) is 5.56 Å². The molecule has 0 aliphatic carbocycles. The third-order valence-corrected chi connectivity index (χ3v) is 20.6. The van der Waals surface area contributed by atoms with Crippen LogP contribution in [-0.4, -0.2) is 22.8 Å². The minimum Gasteiger partial charge on any atom is -0.309 e. The quantitative estimate of drug-likeness (QED) is 0.164. The molecule has 0 unspecified atom stereocenters. The van der Waals surface area contributed by atoms with Crippen molar-refractivity contribution in [1.82, 2.24) is 22.8 Å². The Hall–Kier alpha value is -10.9. The number of para-hydroxylation sites is 7. The predicted octanol–water partition coefficient (Wildman–Crippen LogP) is 23.9. The first kappa shape index (κ1) is 58.0. The van der Waals surface area contributed by atoms with Gasteiger partial charge in [-0.15, -0.1) is 0 Å². The summed E-state index contributed by atoms with van der Waals surface area (Å²) in [6.07, 6.45) is 0. The molecule has 0 N–H and O–H groups in total. The van der Waals surface area contributed by atoms with E-state index in [1.54, 1.807) is 0 Å². The molecule has 462 valence electrons. The van der Waals surface area contributed by atoms with Crippen LogP contribution in [0.1, 0.15) is 111 Å². The van der Waals surface area contributed by atoms with E-state index in [9.17, 15) is 5.26 Å². The molecule has 0 spiro atoms. The zero-order chi connectivity index (χ0) is 65.4. The number of benzene rings is 12. The second-order valence-corrected chi connectivity index (χ2v) is 30.5. The van der Waals surface area contributed by atoms with Crippen LogP contribution in [0.4, 0.5) is 0 Å². The second kappa shape index (κ2) is 20.6. The molecular formula is C89H76N6. The first-order valence-electron chi connectivity index (χ1n) is 33.6. The molecule has 0 amide bonds. The molecule has 0 saturated heterocycles. The highest BCUT2D eigenvalue weighted by Crippen LogP contribution is 2.54. The molecule has 0 aliphatic rings. The topological polar surface area (TPSA) is 48.4 Å². The molecule has 0 aliphatic heterocycles. The van der Waals surface area contributed by atoms with Crippen molar-refractivity contribution in [2.24, 2.45) is 0 Å². The van der Waals surface area contributed by atoms with Gasteiger partial charge in [0.1, 0.15) is 11.6 Å². The van der Waals surface area contributed by atoms with E-state index in [-0.39, 0.29) is 21.7 Å². The molecule has 0 saturated carbocycles. The molecular weight excluding hydrogens is 1150 g/mol. The Kier molecular flexibility index (Phi) is 12.6. The van der Waals surface area contributed by atoms with E-state index in [1.807, 2.05) is 0 Å². The van der Waals surface area contributed by atoms with Gasteiger partial charge in [-0.05, 0) is 135 Å². The SMILES string of the molecule is CC(C)(C)c1ccc2c(c1)c1ccccc1n2-c1c(C#N)c(-n2c3ccccc3c3cc(C(C)(C)C)ccc32)c(-n2c3ccccc3c3cc(C(C)(C)C)ccc32)c(-c2ccccc2-n2c3ccccc3c3ccccc32)c1-n1c2ccccc2c2cc(C(C)(C)C)ccc21. The van der Waals surface area contributed by atoms with Gasteiger partial charge in [0.15, 0.2) is 0 Å². The van der Waals surface area contributed by atoms with Crippen molar-refractivity contribution in [3.63, 3.8) is 0 Å². The average molecular weight is 1230 g/mol. The molecule has 0 bridgehead atoms. The lowest BCUT2D eigenvalue weighted by Crippen LogP contribution is -2.17. The van der Waals surface area contributed by atoms with E-state index in [1.165, 1.54) is 33.0 Å². The van der Waals surface area contributed by atoms with Crippen LogP contribution in [0, 0.1) is 11.3 Å². The van der Waals surface area contributed by atoms with Crippen LogP contribution in [-0.2, 0) is 21.7 Å². The van der Waals surface area contributed by atoms with Crippen LogP contribution in [0.25, 0.3) is 149 Å². The first-order valence-corrected chi connectivity index (χ1v) is 33.6. The summed E-state index contributed by atoms with van der Waals surface area (Å²) in [5.74, 6) is 0. The molecule has 0 atom stereocenters. The third-order valence-electron chi connectivity index (χ3n) is 20.6. The molecule has 5 heterocycles. The minimum atomic E-state index is -0.147. The Labute approximate surface area is 554 Å². The number of hydrogen-bond donors (Lipinski definition) is 0. The van der Waals surface area contributed by atoms with Crippen LogP contribution >= 0.6 is 0 Å². The standard InChI is InChI=1S/C89H76N6/c1-86(2,3)54-41-45-77-65(49-54)60-29-15-22-36-72(60)92(77)82-69(53-90)83(93-73-37-23-16-30-61(73)66-50-55(87(4,5)6)42-46-78(66)93)85(95-75-39-25-18-32-63(75)68-52-57(89(10,11)12)44-48-80(68)95)81(84(82)94-74-38-24-17-31-62(74)67-51-56(88(7,8)9)43-47-79(67)94)64-33-19-26-40-76(64)91-70-34-20-13-27-58(70)59-28-14-21-35-71(59)91/h13-52H,1-12H3. The van der Waals surface area contributed by atoms with Crippen molar-refractivity contribution in [2.75, 3.05) is 0 Å². The second-order valence-electron chi connectivity index (χ2n) is 30.5. The van der Waals surface area contributed by atoms with Gasteiger partial charge in [-0.2, -0.15) is 5.26 Å². The number of rotatable bonds is 6. The summed E-state index contributed by atoms with van der Waals surface area (Å²) < 4.78 is 12.5. The maximum absolute atomic E-state index is 13.5. The maximum Gasteiger partial charge on any atom is 0.104 e. The molecule has 95 heavy (non-hydrogen) atoms. The smallest absolute Gasteiger partial charge is 0.104 e. The molecule has 6 nitrogen and oxygen atoms in total. The van der Waals surface area contributed by atoms with E-state index in [2.05, 4.69) is 355 Å². The van der Waals surface area contributed by atoms with Gasteiger partial charge < -0.3 is 22.8 Å². The fraction of sp³-hybridized carbons (Fsp3) is 0.180. The van der Waals surface area contributed by atoms with Gasteiger partial charge in [0.25, 0.3) is 0 Å². The van der Waals surface area contributed by atoms with Crippen LogP contribution in [0.2, 0.25) is 0 Å². The molecule has 12 aromatic carbocycles. The van der Waals surface area contributed by atoms with E-state index >= 15 is 0 Å². The maximum atomic E-state index is 13.5. The summed E-state index contributed by atoms with van der Waals surface area (Å²) in [6, 6.07) is 94.1. The first-order chi connectivity index (χ1) is 45.7. The predicted molar refractivity (Wildman–Crippen MR) is 403 cm³/mol. The zero-order valence-electron chi connectivity index (χ0n) is 56.3. The lowest BCUT2D eigenvalue weighted by molar-refractivity contribution is 0.591. The van der Waals surface area contributed by atoms with Crippen molar-refractivity contribution in [1.29, 1.82) is 5.26 Å². The van der Waals surface area contributed by atoms with Gasteiger partial charge in [-0.3, -0.25) is 0 Å². The van der Waals surface area contributed by atoms with Gasteiger partial charge >= 0.3 is 0 Å². The van der Waals surface area contributed by atoms with Gasteiger partial charge in [0.2, 0.25) is 0 Å². The monoisotopic (exact) mass is 1230 g/mol. The van der Waals surface area contributed by atoms with Crippen LogP contribution in [0.15, 0.2) is 243 Å². The van der Waals surface area contributed by atoms with Crippen molar-refractivity contribution in [2.45, 2.75) is 105 Å². The lowest BCUT2D eigenvalue weighted by Gasteiger charge is -2.30. The molecule has 0 radical (unpaired) electrons. The highest BCUT2D eigenvalue weighted by molar-refractivity contribution is 6.18. The van der Waals surface area contributed by atoms with Crippen molar-refractivity contribution in [3.8, 4) is 45.6 Å². The summed E-state index contributed by atoms with van der Waals surface area (Å²) in [5.41, 5.74) is 21.6. The largest absolute Gasteiger partial charge is 0.309 e. The number of hydrogen-bond acceptors (Lipinski definition) is 1. The summed E-state index contributed by atoms with van der Waals surface area (Å²) in [6.45, 7) is 27.6. The highest BCUT2D eigenvalue weighted by Gasteiger charge is 2.37. The van der Waals surface area contributed by atoms with Crippen molar-refractivity contribution < 1.29 is 0 Å². The van der Waals surface area contributed by atoms with Gasteiger partial charge in [-0.25, -0.2) is 0 Å². The Morgan fingerprint density at radius 2 is 0.474 bits per heavy atom. The summed E-state index contributed by atoms with van der Waals surface area (Å²) in [5, 5.41) is 24.9. The Bertz CT molecular complexity index is 5800. The van der Waals surface area contributed by atoms with Gasteiger partial charge in [0, 0.05) is 65.0 Å². The van der Waals surface area contributed by atoms with E-state index in [4.69, 9.17) is 0 Å². The number of nitriles is 1. The van der Waals surface area contributed by atoms with E-state index < -0.39 is 0 Å². The van der Waals surface area contributed by atoms with E-state index in [0.717, 1.165) is 138 Å². The Balaban J connectivity index is 1.23. The summed E-state index contributed by atoms with van der Waals surface area (Å²) >= 11 is 0. The molecule has 0 fully saturated rings. The third kappa shape index (κ3) is 8.61. The Morgan fingerprint density at radius 1 is 0.242 bits per heavy atom. The fourth-order valence-electron chi connectivity index (χ4n) is 15.7.